The molecule has 1 aliphatic rings. The Bertz CT molecular complexity index is 431. The first-order valence-electron chi connectivity index (χ1n) is 4.45. The molecule has 0 aliphatic heterocycles. The van der Waals surface area contributed by atoms with Crippen LogP contribution < -0.4 is 5.73 Å². The van der Waals surface area contributed by atoms with E-state index in [1.165, 1.54) is 25.3 Å². The Morgan fingerprint density at radius 1 is 1.81 bits per heavy atom. The fraction of sp³-hybridized carbons (Fsp3) is 0.300. The van der Waals surface area contributed by atoms with E-state index in [0.29, 0.717) is 5.57 Å². The second-order valence-corrected chi connectivity index (χ2v) is 3.29. The van der Waals surface area contributed by atoms with Crippen molar-refractivity contribution in [3.63, 3.8) is 0 Å². The summed E-state index contributed by atoms with van der Waals surface area (Å²) in [5.41, 5.74) is 4.46. The van der Waals surface area contributed by atoms with Gasteiger partial charge in [0, 0.05) is 12.0 Å². The number of ether oxygens (including phenoxy) is 1. The van der Waals surface area contributed by atoms with Crippen molar-refractivity contribution in [3.05, 3.63) is 23.8 Å². The van der Waals surface area contributed by atoms with Crippen LogP contribution in [-0.2, 0) is 9.53 Å². The number of nitriles is 1. The number of oxime groups is 1. The number of amidine groups is 1. The quantitative estimate of drug-likeness (QED) is 0.229. The molecular weight excluding hydrogens is 210 g/mol. The first kappa shape index (κ1) is 11.8. The molecule has 3 N–H and O–H groups in total. The smallest absolute Gasteiger partial charge is 0.333 e. The maximum atomic E-state index is 11.3. The molecule has 0 aromatic carbocycles. The minimum Gasteiger partial charge on any atom is -0.466 e. The molecule has 0 aromatic heterocycles. The van der Waals surface area contributed by atoms with Gasteiger partial charge in [-0.15, -0.1) is 0 Å². The number of carbonyl (C=O) groups excluding carboxylic acids is 1. The number of esters is 1. The average molecular weight is 221 g/mol. The lowest BCUT2D eigenvalue weighted by Gasteiger charge is -2.24. The summed E-state index contributed by atoms with van der Waals surface area (Å²) in [7, 11) is 1.25. The molecular formula is C10H11N3O3. The average Bonchev–Trinajstić information content (AvgIpc) is 2.36. The molecule has 0 saturated heterocycles. The lowest BCUT2D eigenvalue weighted by Crippen LogP contribution is -2.36. The third-order valence-electron chi connectivity index (χ3n) is 2.36. The number of methoxy groups -OCH3 is 1. The molecule has 16 heavy (non-hydrogen) atoms. The maximum absolute atomic E-state index is 11.3. The Balaban J connectivity index is 3.07. The van der Waals surface area contributed by atoms with Crippen molar-refractivity contribution in [2.24, 2.45) is 16.3 Å². The second kappa shape index (κ2) is 4.49. The van der Waals surface area contributed by atoms with Crippen molar-refractivity contribution < 1.29 is 14.7 Å². The van der Waals surface area contributed by atoms with Crippen LogP contribution in [0.1, 0.15) is 6.42 Å². The summed E-state index contributed by atoms with van der Waals surface area (Å²) in [5, 5.41) is 20.5. The monoisotopic (exact) mass is 221 g/mol. The van der Waals surface area contributed by atoms with Crippen LogP contribution in [0.2, 0.25) is 0 Å². The Kier molecular flexibility index (Phi) is 3.30. The first-order chi connectivity index (χ1) is 7.59. The van der Waals surface area contributed by atoms with Gasteiger partial charge in [-0.1, -0.05) is 23.4 Å². The van der Waals surface area contributed by atoms with Crippen LogP contribution in [0.15, 0.2) is 29.0 Å². The third kappa shape index (κ3) is 1.88. The van der Waals surface area contributed by atoms with Gasteiger partial charge in [-0.2, -0.15) is 5.26 Å². The highest BCUT2D eigenvalue weighted by molar-refractivity contribution is 5.96. The largest absolute Gasteiger partial charge is 0.466 e. The van der Waals surface area contributed by atoms with Gasteiger partial charge in [0.1, 0.15) is 5.41 Å². The number of nitrogens with zero attached hydrogens (tertiary/aromatic N) is 2. The van der Waals surface area contributed by atoms with Gasteiger partial charge < -0.3 is 15.7 Å². The minimum atomic E-state index is -1.28. The van der Waals surface area contributed by atoms with Crippen LogP contribution >= 0.6 is 0 Å². The van der Waals surface area contributed by atoms with Crippen molar-refractivity contribution in [1.29, 1.82) is 5.26 Å². The number of hydrogen-bond donors (Lipinski definition) is 2. The predicted octanol–water partition coefficient (Wildman–Crippen LogP) is 0.302. The lowest BCUT2D eigenvalue weighted by atomic mass is 9.78. The van der Waals surface area contributed by atoms with Crippen LogP contribution in [0.4, 0.5) is 0 Å². The molecule has 0 spiro atoms. The van der Waals surface area contributed by atoms with Crippen molar-refractivity contribution in [2.45, 2.75) is 6.42 Å². The van der Waals surface area contributed by atoms with E-state index >= 15 is 0 Å². The number of nitrogens with two attached hydrogens (primary N) is 1. The predicted molar refractivity (Wildman–Crippen MR) is 55.3 cm³/mol. The number of rotatable bonds is 2. The molecule has 1 atom stereocenters. The highest BCUT2D eigenvalue weighted by Crippen LogP contribution is 2.31. The van der Waals surface area contributed by atoms with Gasteiger partial charge >= 0.3 is 5.97 Å². The zero-order valence-corrected chi connectivity index (χ0v) is 8.67. The van der Waals surface area contributed by atoms with E-state index in [-0.39, 0.29) is 12.3 Å². The molecule has 6 heteroatoms. The Morgan fingerprint density at radius 3 is 3.00 bits per heavy atom. The third-order valence-corrected chi connectivity index (χ3v) is 2.36. The first-order valence-corrected chi connectivity index (χ1v) is 4.45. The zero-order valence-electron chi connectivity index (χ0n) is 8.67. The van der Waals surface area contributed by atoms with Gasteiger partial charge in [-0.25, -0.2) is 4.79 Å². The normalized spacial score (nSPS) is 24.5. The van der Waals surface area contributed by atoms with E-state index < -0.39 is 11.4 Å². The van der Waals surface area contributed by atoms with E-state index in [0.717, 1.165) is 0 Å². The van der Waals surface area contributed by atoms with Gasteiger partial charge in [-0.05, 0) is 0 Å². The van der Waals surface area contributed by atoms with Gasteiger partial charge in [0.05, 0.1) is 13.2 Å². The van der Waals surface area contributed by atoms with Gasteiger partial charge in [0.25, 0.3) is 0 Å². The minimum absolute atomic E-state index is 0.0303. The fourth-order valence-corrected chi connectivity index (χ4v) is 1.42. The Labute approximate surface area is 92.3 Å². The summed E-state index contributed by atoms with van der Waals surface area (Å²) in [6, 6.07) is 1.93. The zero-order chi connectivity index (χ0) is 12.2. The molecule has 1 unspecified atom stereocenters. The molecule has 0 saturated carbocycles. The summed E-state index contributed by atoms with van der Waals surface area (Å²) in [6.07, 6.45) is 4.56. The highest BCUT2D eigenvalue weighted by atomic mass is 16.5. The van der Waals surface area contributed by atoms with Crippen molar-refractivity contribution >= 4 is 11.8 Å². The van der Waals surface area contributed by atoms with Gasteiger partial charge in [-0.3, -0.25) is 0 Å². The van der Waals surface area contributed by atoms with E-state index in [2.05, 4.69) is 9.89 Å². The molecule has 0 bridgehead atoms. The second-order valence-electron chi connectivity index (χ2n) is 3.29. The summed E-state index contributed by atoms with van der Waals surface area (Å²) >= 11 is 0. The molecule has 1 rings (SSSR count). The molecule has 0 heterocycles. The number of carbonyl (C=O) groups is 1. The van der Waals surface area contributed by atoms with Crippen LogP contribution in [0.5, 0.6) is 0 Å². The Hall–Kier alpha value is -2.29. The van der Waals surface area contributed by atoms with E-state index in [9.17, 15) is 4.79 Å². The van der Waals surface area contributed by atoms with E-state index in [1.807, 2.05) is 6.07 Å². The molecule has 0 radical (unpaired) electrons. The van der Waals surface area contributed by atoms with Crippen molar-refractivity contribution in [3.8, 4) is 6.07 Å². The van der Waals surface area contributed by atoms with Crippen LogP contribution in [-0.4, -0.2) is 24.1 Å². The summed E-state index contributed by atoms with van der Waals surface area (Å²) < 4.78 is 4.55. The summed E-state index contributed by atoms with van der Waals surface area (Å²) in [4.78, 5) is 11.3. The van der Waals surface area contributed by atoms with Crippen molar-refractivity contribution in [1.82, 2.24) is 0 Å². The molecule has 0 aromatic rings. The number of allylic oxidation sites excluding steroid dienone is 2. The Morgan fingerprint density at radius 2 is 2.50 bits per heavy atom. The molecule has 1 aliphatic carbocycles. The van der Waals surface area contributed by atoms with Crippen LogP contribution in [0.25, 0.3) is 0 Å². The van der Waals surface area contributed by atoms with Crippen molar-refractivity contribution in [2.75, 3.05) is 7.11 Å². The topological polar surface area (TPSA) is 109 Å². The maximum Gasteiger partial charge on any atom is 0.333 e. The van der Waals surface area contributed by atoms with Crippen LogP contribution in [0, 0.1) is 16.7 Å². The lowest BCUT2D eigenvalue weighted by molar-refractivity contribution is -0.136. The summed E-state index contributed by atoms with van der Waals surface area (Å²) in [5.74, 6) is -0.782. The van der Waals surface area contributed by atoms with E-state index in [4.69, 9.17) is 16.2 Å². The molecule has 6 nitrogen and oxygen atoms in total. The molecule has 0 fully saturated rings. The SMILES string of the molecule is COC(=O)C1=CC=CC(C#N)(/C(N)=N/O)C1. The highest BCUT2D eigenvalue weighted by Gasteiger charge is 2.37. The van der Waals surface area contributed by atoms with Gasteiger partial charge in [0.15, 0.2) is 5.84 Å². The van der Waals surface area contributed by atoms with Gasteiger partial charge in [0.2, 0.25) is 0 Å². The summed E-state index contributed by atoms with van der Waals surface area (Å²) in [6.45, 7) is 0. The number of hydrogen-bond acceptors (Lipinski definition) is 5. The van der Waals surface area contributed by atoms with Crippen LogP contribution in [0.3, 0.4) is 0 Å². The fourth-order valence-electron chi connectivity index (χ4n) is 1.42. The van der Waals surface area contributed by atoms with E-state index in [1.54, 1.807) is 0 Å². The molecule has 84 valence electrons. The standard InChI is InChI=1S/C10H11N3O3/c1-16-8(14)7-3-2-4-10(5-7,6-11)9(12)13-15/h2-4,15H,5H2,1H3,(H2,12,13). The molecule has 0 amide bonds.